The zero-order chi connectivity index (χ0) is 21.0. The van der Waals surface area contributed by atoms with E-state index in [2.05, 4.69) is 27.0 Å². The van der Waals surface area contributed by atoms with E-state index < -0.39 is 0 Å². The van der Waals surface area contributed by atoms with Crippen molar-refractivity contribution in [3.05, 3.63) is 95.6 Å². The quantitative estimate of drug-likeness (QED) is 0.502. The average molecular weight is 402 g/mol. The summed E-state index contributed by atoms with van der Waals surface area (Å²) in [7, 11) is 0. The Kier molecular flexibility index (Phi) is 8.18. The summed E-state index contributed by atoms with van der Waals surface area (Å²) in [4.78, 5) is 11.3. The van der Waals surface area contributed by atoms with Crippen molar-refractivity contribution in [2.75, 3.05) is 26.2 Å². The highest BCUT2D eigenvalue weighted by Gasteiger charge is 2.05. The van der Waals surface area contributed by atoms with Gasteiger partial charge in [-0.3, -0.25) is 14.9 Å². The van der Waals surface area contributed by atoms with Crippen LogP contribution < -0.4 is 0 Å². The number of para-hydroxylation sites is 2. The summed E-state index contributed by atoms with van der Waals surface area (Å²) in [6, 6.07) is 24.7. The topological polar surface area (TPSA) is 68.4 Å². The van der Waals surface area contributed by atoms with Crippen LogP contribution in [0.15, 0.2) is 88.8 Å². The van der Waals surface area contributed by atoms with Gasteiger partial charge in [0, 0.05) is 43.2 Å². The van der Waals surface area contributed by atoms with E-state index in [9.17, 15) is 10.2 Å². The molecule has 154 valence electrons. The molecule has 0 aromatic heterocycles. The molecule has 3 aromatic carbocycles. The number of aromatic hydroxyl groups is 2. The molecule has 5 nitrogen and oxygen atoms in total. The van der Waals surface area contributed by atoms with Crippen molar-refractivity contribution in [3.8, 4) is 11.5 Å². The molecule has 0 saturated carbocycles. The van der Waals surface area contributed by atoms with Crippen LogP contribution in [0.1, 0.15) is 16.7 Å². The van der Waals surface area contributed by atoms with E-state index in [4.69, 9.17) is 0 Å². The fourth-order valence-corrected chi connectivity index (χ4v) is 3.03. The third kappa shape index (κ3) is 6.87. The number of rotatable bonds is 10. The van der Waals surface area contributed by atoms with E-state index in [1.54, 1.807) is 36.7 Å². The molecule has 5 heteroatoms. The van der Waals surface area contributed by atoms with Gasteiger partial charge in [0.1, 0.15) is 11.5 Å². The van der Waals surface area contributed by atoms with Crippen LogP contribution in [0.25, 0.3) is 0 Å². The normalized spacial score (nSPS) is 11.6. The van der Waals surface area contributed by atoms with Crippen molar-refractivity contribution in [2.24, 2.45) is 9.98 Å². The van der Waals surface area contributed by atoms with E-state index in [0.29, 0.717) is 13.1 Å². The Balaban J connectivity index is 1.56. The summed E-state index contributed by atoms with van der Waals surface area (Å²) in [6.07, 6.45) is 3.43. The molecule has 2 N–H and O–H groups in total. The van der Waals surface area contributed by atoms with E-state index in [1.165, 1.54) is 5.56 Å². The number of benzene rings is 3. The van der Waals surface area contributed by atoms with Crippen LogP contribution in [0.5, 0.6) is 11.5 Å². The second kappa shape index (κ2) is 11.5. The molecule has 0 bridgehead atoms. The first-order chi connectivity index (χ1) is 14.7. The van der Waals surface area contributed by atoms with Gasteiger partial charge in [0.15, 0.2) is 0 Å². The molecule has 0 atom stereocenters. The summed E-state index contributed by atoms with van der Waals surface area (Å²) in [5.74, 6) is 0.474. The van der Waals surface area contributed by atoms with Crippen molar-refractivity contribution >= 4 is 12.4 Å². The first-order valence-corrected chi connectivity index (χ1v) is 10.0. The molecule has 0 spiro atoms. The predicted octanol–water partition coefficient (Wildman–Crippen LogP) is 4.14. The summed E-state index contributed by atoms with van der Waals surface area (Å²) < 4.78 is 0. The molecule has 0 aliphatic carbocycles. The Bertz CT molecular complexity index is 911. The standard InChI is InChI=1S/C25H27N3O2/c29-24-12-6-4-10-22(24)18-26-14-16-28(20-21-8-2-1-3-9-21)17-15-27-19-23-11-5-7-13-25(23)30/h1-13,18-19,29-30H,14-17,20H2. The second-order valence-electron chi connectivity index (χ2n) is 6.95. The first kappa shape index (κ1) is 21.3. The fraction of sp³-hybridized carbons (Fsp3) is 0.200. The Morgan fingerprint density at radius 1 is 0.633 bits per heavy atom. The maximum Gasteiger partial charge on any atom is 0.124 e. The minimum absolute atomic E-state index is 0.237. The lowest BCUT2D eigenvalue weighted by molar-refractivity contribution is 0.281. The molecule has 0 fully saturated rings. The third-order valence-corrected chi connectivity index (χ3v) is 4.67. The van der Waals surface area contributed by atoms with Crippen LogP contribution in [0.2, 0.25) is 0 Å². The molecular weight excluding hydrogens is 374 g/mol. The Morgan fingerprint density at radius 2 is 1.10 bits per heavy atom. The van der Waals surface area contributed by atoms with Crippen molar-refractivity contribution in [1.29, 1.82) is 0 Å². The molecule has 0 amide bonds. The predicted molar refractivity (Wildman–Crippen MR) is 123 cm³/mol. The van der Waals surface area contributed by atoms with Gasteiger partial charge in [-0.2, -0.15) is 0 Å². The second-order valence-corrected chi connectivity index (χ2v) is 6.95. The highest BCUT2D eigenvalue weighted by atomic mass is 16.3. The van der Waals surface area contributed by atoms with Gasteiger partial charge in [-0.15, -0.1) is 0 Å². The van der Waals surface area contributed by atoms with Gasteiger partial charge in [-0.25, -0.2) is 0 Å². The SMILES string of the molecule is Oc1ccccc1C=NCCN(CCN=Cc1ccccc1O)Cc1ccccc1. The van der Waals surface area contributed by atoms with E-state index in [0.717, 1.165) is 30.8 Å². The van der Waals surface area contributed by atoms with Crippen molar-refractivity contribution in [2.45, 2.75) is 6.54 Å². The van der Waals surface area contributed by atoms with E-state index in [1.807, 2.05) is 42.5 Å². The molecule has 0 unspecified atom stereocenters. The molecule has 3 rings (SSSR count). The Hall–Kier alpha value is -3.44. The van der Waals surface area contributed by atoms with Gasteiger partial charge in [-0.1, -0.05) is 54.6 Å². The van der Waals surface area contributed by atoms with Gasteiger partial charge in [0.25, 0.3) is 0 Å². The van der Waals surface area contributed by atoms with E-state index >= 15 is 0 Å². The molecule has 3 aromatic rings. The number of hydrogen-bond acceptors (Lipinski definition) is 5. The number of hydrogen-bond donors (Lipinski definition) is 2. The molecule has 0 aliphatic heterocycles. The lowest BCUT2D eigenvalue weighted by atomic mass is 10.2. The molecule has 0 radical (unpaired) electrons. The smallest absolute Gasteiger partial charge is 0.124 e. The highest BCUT2D eigenvalue weighted by Crippen LogP contribution is 2.13. The molecular formula is C25H27N3O2. The lowest BCUT2D eigenvalue weighted by Gasteiger charge is -2.20. The van der Waals surface area contributed by atoms with Gasteiger partial charge < -0.3 is 10.2 Å². The summed E-state index contributed by atoms with van der Waals surface area (Å²) in [5, 5.41) is 19.7. The zero-order valence-electron chi connectivity index (χ0n) is 16.9. The maximum absolute atomic E-state index is 9.84. The molecule has 30 heavy (non-hydrogen) atoms. The first-order valence-electron chi connectivity index (χ1n) is 10.0. The van der Waals surface area contributed by atoms with Crippen LogP contribution in [0, 0.1) is 0 Å². The number of phenolic OH excluding ortho intramolecular Hbond substituents is 2. The number of nitrogens with zero attached hydrogens (tertiary/aromatic N) is 3. The zero-order valence-corrected chi connectivity index (χ0v) is 16.9. The van der Waals surface area contributed by atoms with Crippen molar-refractivity contribution in [3.63, 3.8) is 0 Å². The lowest BCUT2D eigenvalue weighted by Crippen LogP contribution is -2.28. The van der Waals surface area contributed by atoms with Crippen LogP contribution in [0.4, 0.5) is 0 Å². The minimum atomic E-state index is 0.237. The van der Waals surface area contributed by atoms with Crippen molar-refractivity contribution < 1.29 is 10.2 Å². The fourth-order valence-electron chi connectivity index (χ4n) is 3.03. The van der Waals surface area contributed by atoms with Gasteiger partial charge in [0.2, 0.25) is 0 Å². The molecule has 0 aliphatic rings. The van der Waals surface area contributed by atoms with Gasteiger partial charge in [0.05, 0.1) is 13.1 Å². The number of aliphatic imine (C=N–C) groups is 2. The largest absolute Gasteiger partial charge is 0.507 e. The molecule has 0 saturated heterocycles. The summed E-state index contributed by atoms with van der Waals surface area (Å²) in [5.41, 5.74) is 2.69. The Morgan fingerprint density at radius 3 is 1.60 bits per heavy atom. The highest BCUT2D eigenvalue weighted by molar-refractivity contribution is 5.83. The van der Waals surface area contributed by atoms with Crippen LogP contribution >= 0.6 is 0 Å². The van der Waals surface area contributed by atoms with E-state index in [-0.39, 0.29) is 11.5 Å². The van der Waals surface area contributed by atoms with Crippen molar-refractivity contribution in [1.82, 2.24) is 4.90 Å². The summed E-state index contributed by atoms with van der Waals surface area (Å²) in [6.45, 7) is 3.64. The van der Waals surface area contributed by atoms with Crippen LogP contribution in [-0.4, -0.2) is 53.7 Å². The van der Waals surface area contributed by atoms with Gasteiger partial charge in [-0.05, 0) is 29.8 Å². The molecule has 0 heterocycles. The third-order valence-electron chi connectivity index (χ3n) is 4.67. The monoisotopic (exact) mass is 401 g/mol. The van der Waals surface area contributed by atoms with Gasteiger partial charge >= 0.3 is 0 Å². The van der Waals surface area contributed by atoms with Crippen LogP contribution in [0.3, 0.4) is 0 Å². The Labute approximate surface area is 177 Å². The number of phenols is 2. The minimum Gasteiger partial charge on any atom is -0.507 e. The maximum atomic E-state index is 9.84. The van der Waals surface area contributed by atoms with Crippen LogP contribution in [-0.2, 0) is 6.54 Å². The average Bonchev–Trinajstić information content (AvgIpc) is 2.77. The summed E-state index contributed by atoms with van der Waals surface area (Å²) >= 11 is 0.